The van der Waals surface area contributed by atoms with E-state index < -0.39 is 25.2 Å². The highest BCUT2D eigenvalue weighted by Gasteiger charge is 2.43. The van der Waals surface area contributed by atoms with E-state index >= 15 is 0 Å². The first-order valence-corrected chi connectivity index (χ1v) is 20.4. The summed E-state index contributed by atoms with van der Waals surface area (Å²) in [7, 11) is -5.68. The molecule has 202 valence electrons. The smallest absolute Gasteiger partial charge is 0.314 e. The van der Waals surface area contributed by atoms with E-state index in [1.54, 1.807) is 0 Å². The molecular formula is C25H68N2O2Si3. The highest BCUT2D eigenvalue weighted by Crippen LogP contribution is 2.32. The molecule has 0 spiro atoms. The fraction of sp³-hybridized carbons (Fsp3) is 1.00. The Bertz CT molecular complexity index is 413. The van der Waals surface area contributed by atoms with Gasteiger partial charge in [-0.1, -0.05) is 76.7 Å². The van der Waals surface area contributed by atoms with E-state index in [0.717, 1.165) is 37.4 Å². The molecule has 0 aliphatic heterocycles. The minimum Gasteiger partial charge on any atom is -0.436 e. The molecule has 0 aromatic rings. The largest absolute Gasteiger partial charge is 0.436 e. The number of rotatable bonds is 17. The van der Waals surface area contributed by atoms with Gasteiger partial charge in [0.25, 0.3) is 0 Å². The van der Waals surface area contributed by atoms with Crippen molar-refractivity contribution in [3.05, 3.63) is 0 Å². The molecule has 0 amide bonds. The zero-order valence-electron chi connectivity index (χ0n) is 20.6. The van der Waals surface area contributed by atoms with Gasteiger partial charge in [-0.15, -0.1) is 0 Å². The number of hydrogen-bond acceptors (Lipinski definition) is 4. The van der Waals surface area contributed by atoms with Crippen LogP contribution in [0.3, 0.4) is 0 Å². The van der Waals surface area contributed by atoms with Crippen LogP contribution in [0.2, 0.25) is 50.9 Å². The summed E-state index contributed by atoms with van der Waals surface area (Å²) < 4.78 is 14.1. The Labute approximate surface area is 209 Å². The van der Waals surface area contributed by atoms with Crippen LogP contribution in [-0.2, 0) is 8.23 Å². The second-order valence-electron chi connectivity index (χ2n) is 10.3. The Morgan fingerprint density at radius 1 is 0.781 bits per heavy atom. The maximum absolute atomic E-state index is 7.04. The molecule has 7 heteroatoms. The molecule has 3 unspecified atom stereocenters. The van der Waals surface area contributed by atoms with Gasteiger partial charge in [0, 0.05) is 13.1 Å². The van der Waals surface area contributed by atoms with E-state index in [0.29, 0.717) is 6.54 Å². The van der Waals surface area contributed by atoms with Crippen LogP contribution >= 0.6 is 0 Å². The van der Waals surface area contributed by atoms with Gasteiger partial charge in [0.1, 0.15) is 0 Å². The molecule has 0 radical (unpaired) electrons. The molecule has 0 aliphatic rings. The van der Waals surface area contributed by atoms with Gasteiger partial charge in [0.2, 0.25) is 0 Å². The molecule has 3 atom stereocenters. The molecule has 0 heterocycles. The number of nitrogens with two attached hydrogens (primary N) is 1. The summed E-state index contributed by atoms with van der Waals surface area (Å²) in [5, 5.41) is 3.43. The van der Waals surface area contributed by atoms with Gasteiger partial charge in [-0.25, -0.2) is 0 Å². The van der Waals surface area contributed by atoms with Crippen LogP contribution in [0.1, 0.15) is 83.1 Å². The van der Waals surface area contributed by atoms with Gasteiger partial charge < -0.3 is 19.3 Å². The minimum absolute atomic E-state index is 0. The zero-order chi connectivity index (χ0) is 21.8. The van der Waals surface area contributed by atoms with E-state index in [9.17, 15) is 0 Å². The topological polar surface area (TPSA) is 56.5 Å². The van der Waals surface area contributed by atoms with Gasteiger partial charge in [0.05, 0.1) is 0 Å². The highest BCUT2D eigenvalue weighted by molar-refractivity contribution is 6.88. The normalized spacial score (nSPS) is 15.2. The molecular weight excluding hydrogens is 445 g/mol. The molecule has 0 aliphatic carbocycles. The van der Waals surface area contributed by atoms with Crippen LogP contribution in [0.5, 0.6) is 0 Å². The van der Waals surface area contributed by atoms with Gasteiger partial charge >= 0.3 is 8.56 Å². The van der Waals surface area contributed by atoms with Crippen molar-refractivity contribution < 1.29 is 8.23 Å². The summed E-state index contributed by atoms with van der Waals surface area (Å²) in [5.74, 6) is 1.49. The number of nitrogens with one attached hydrogen (secondary N) is 1. The lowest BCUT2D eigenvalue weighted by Gasteiger charge is -2.42. The Kier molecular flexibility index (Phi) is 27.8. The molecule has 0 aromatic heterocycles. The van der Waals surface area contributed by atoms with Crippen molar-refractivity contribution in [2.24, 2.45) is 17.6 Å². The minimum atomic E-state index is -2.20. The summed E-state index contributed by atoms with van der Waals surface area (Å²) in [6.45, 7) is 23.9. The standard InChI is InChI=1S/C21H52N2O2Si3.4CH4/c1-10-13-21(4)19-27(7,8)25-28(9,17-12-15-23-16-14-22)24-26(5,6)18-20(3)11-2;;;;/h20-21,23H,10-19,22H2,1-9H3;4*1H4. The maximum atomic E-state index is 7.04. The third-order valence-electron chi connectivity index (χ3n) is 5.45. The highest BCUT2D eigenvalue weighted by atomic mass is 28.5. The van der Waals surface area contributed by atoms with Crippen molar-refractivity contribution in [1.29, 1.82) is 0 Å². The molecule has 0 bridgehead atoms. The summed E-state index contributed by atoms with van der Waals surface area (Å²) in [4.78, 5) is 0. The second-order valence-corrected chi connectivity index (χ2v) is 22.6. The van der Waals surface area contributed by atoms with Crippen molar-refractivity contribution in [3.63, 3.8) is 0 Å². The predicted octanol–water partition coefficient (Wildman–Crippen LogP) is 8.47. The molecule has 0 saturated carbocycles. The number of hydrogen-bond donors (Lipinski definition) is 2. The molecule has 4 nitrogen and oxygen atoms in total. The molecule has 3 N–H and O–H groups in total. The first-order valence-electron chi connectivity index (χ1n) is 11.7. The lowest BCUT2D eigenvalue weighted by Crippen LogP contribution is -2.55. The monoisotopic (exact) mass is 512 g/mol. The van der Waals surface area contributed by atoms with Crippen LogP contribution < -0.4 is 11.1 Å². The van der Waals surface area contributed by atoms with Crippen molar-refractivity contribution in [1.82, 2.24) is 5.32 Å². The van der Waals surface area contributed by atoms with Crippen molar-refractivity contribution in [3.8, 4) is 0 Å². The van der Waals surface area contributed by atoms with E-state index in [1.807, 2.05) is 0 Å². The van der Waals surface area contributed by atoms with Crippen LogP contribution in [0.15, 0.2) is 0 Å². The zero-order valence-corrected chi connectivity index (χ0v) is 23.6. The Balaban J connectivity index is -0.000000607. The van der Waals surface area contributed by atoms with Crippen molar-refractivity contribution >= 4 is 25.2 Å². The molecule has 0 rings (SSSR count). The van der Waals surface area contributed by atoms with Crippen molar-refractivity contribution in [2.75, 3.05) is 19.6 Å². The Hall–Kier alpha value is 0.491. The summed E-state index contributed by atoms with van der Waals surface area (Å²) in [6, 6.07) is 3.56. The summed E-state index contributed by atoms with van der Waals surface area (Å²) in [6.07, 6.45) is 4.91. The molecule has 0 aromatic carbocycles. The molecule has 0 fully saturated rings. The maximum Gasteiger partial charge on any atom is 0.314 e. The van der Waals surface area contributed by atoms with E-state index in [1.165, 1.54) is 31.4 Å². The van der Waals surface area contributed by atoms with E-state index in [-0.39, 0.29) is 29.7 Å². The molecule has 32 heavy (non-hydrogen) atoms. The first-order chi connectivity index (χ1) is 12.9. The predicted molar refractivity (Wildman–Crippen MR) is 160 cm³/mol. The lowest BCUT2D eigenvalue weighted by atomic mass is 10.1. The summed E-state index contributed by atoms with van der Waals surface area (Å²) >= 11 is 0. The fourth-order valence-corrected chi connectivity index (χ4v) is 20.6. The third kappa shape index (κ3) is 21.1. The average Bonchev–Trinajstić information content (AvgIpc) is 2.52. The van der Waals surface area contributed by atoms with Gasteiger partial charge in [-0.3, -0.25) is 0 Å². The van der Waals surface area contributed by atoms with Gasteiger partial charge in [-0.05, 0) is 75.7 Å². The van der Waals surface area contributed by atoms with E-state index in [2.05, 4.69) is 65.7 Å². The average molecular weight is 513 g/mol. The second kappa shape index (κ2) is 20.8. The molecule has 0 saturated heterocycles. The van der Waals surface area contributed by atoms with Crippen LogP contribution in [-0.4, -0.2) is 44.8 Å². The van der Waals surface area contributed by atoms with Crippen LogP contribution in [0.25, 0.3) is 0 Å². The van der Waals surface area contributed by atoms with Crippen LogP contribution in [0, 0.1) is 11.8 Å². The van der Waals surface area contributed by atoms with Crippen LogP contribution in [0.4, 0.5) is 0 Å². The fourth-order valence-electron chi connectivity index (χ4n) is 4.55. The summed E-state index contributed by atoms with van der Waals surface area (Å²) in [5.41, 5.74) is 5.60. The Morgan fingerprint density at radius 3 is 1.66 bits per heavy atom. The van der Waals surface area contributed by atoms with Crippen molar-refractivity contribution in [2.45, 2.75) is 134 Å². The van der Waals surface area contributed by atoms with Gasteiger partial charge in [0.15, 0.2) is 16.6 Å². The van der Waals surface area contributed by atoms with Gasteiger partial charge in [-0.2, -0.15) is 0 Å². The quantitative estimate of drug-likeness (QED) is 0.151. The third-order valence-corrected chi connectivity index (χ3v) is 17.9. The SMILES string of the molecule is C.C.C.C.CCCC(C)C[Si](C)(C)O[Si](C)(CCCNCCN)O[Si](C)(C)CC(C)CC. The Morgan fingerprint density at radius 2 is 1.25 bits per heavy atom. The lowest BCUT2D eigenvalue weighted by molar-refractivity contribution is 0.364. The first kappa shape index (κ1) is 42.6. The van der Waals surface area contributed by atoms with E-state index in [4.69, 9.17) is 14.0 Å².